The van der Waals surface area contributed by atoms with Crippen LogP contribution in [0.3, 0.4) is 0 Å². The average Bonchev–Trinajstić information content (AvgIpc) is 2.35. The molecule has 0 radical (unpaired) electrons. The van der Waals surface area contributed by atoms with Gasteiger partial charge in [-0.15, -0.1) is 0 Å². The number of hydrogen-bond acceptors (Lipinski definition) is 4. The van der Waals surface area contributed by atoms with Crippen molar-refractivity contribution in [1.82, 2.24) is 5.32 Å². The van der Waals surface area contributed by atoms with Gasteiger partial charge in [-0.05, 0) is 44.4 Å². The Balaban J connectivity index is 2.55. The van der Waals surface area contributed by atoms with Crippen molar-refractivity contribution in [3.05, 3.63) is 34.9 Å². The fourth-order valence-corrected chi connectivity index (χ4v) is 1.56. The Hall–Kier alpha value is -1.78. The predicted octanol–water partition coefficient (Wildman–Crippen LogP) is 1.90. The lowest BCUT2D eigenvalue weighted by atomic mass is 10.0. The summed E-state index contributed by atoms with van der Waals surface area (Å²) in [4.78, 5) is 11.4. The molecule has 1 rings (SSSR count). The van der Waals surface area contributed by atoms with Gasteiger partial charge in [0.1, 0.15) is 11.5 Å². The molecule has 0 saturated carbocycles. The number of halogens is 1. The summed E-state index contributed by atoms with van der Waals surface area (Å²) in [6, 6.07) is 0. The van der Waals surface area contributed by atoms with E-state index in [9.17, 15) is 9.18 Å². The van der Waals surface area contributed by atoms with Crippen molar-refractivity contribution in [2.75, 3.05) is 13.2 Å². The Morgan fingerprint density at radius 3 is 2.94 bits per heavy atom. The molecular weight excluding hydrogens is 235 g/mol. The summed E-state index contributed by atoms with van der Waals surface area (Å²) in [5, 5.41) is 3.00. The molecule has 0 amide bonds. The zero-order chi connectivity index (χ0) is 13.5. The Bertz CT molecular complexity index is 411. The van der Waals surface area contributed by atoms with E-state index in [0.717, 1.165) is 12.0 Å². The van der Waals surface area contributed by atoms with E-state index < -0.39 is 5.97 Å². The lowest BCUT2D eigenvalue weighted by Gasteiger charge is -2.14. The van der Waals surface area contributed by atoms with Crippen LogP contribution in [0.1, 0.15) is 26.7 Å². The predicted molar refractivity (Wildman–Crippen MR) is 68.0 cm³/mol. The number of hydrogen-bond donors (Lipinski definition) is 2. The van der Waals surface area contributed by atoms with Gasteiger partial charge in [0.25, 0.3) is 0 Å². The molecule has 0 unspecified atom stereocenters. The number of esters is 1. The van der Waals surface area contributed by atoms with Crippen LogP contribution in [0.4, 0.5) is 4.39 Å². The van der Waals surface area contributed by atoms with Crippen molar-refractivity contribution in [1.29, 1.82) is 0 Å². The molecule has 0 spiro atoms. The van der Waals surface area contributed by atoms with Crippen LogP contribution in [-0.4, -0.2) is 19.1 Å². The van der Waals surface area contributed by atoms with E-state index in [0.29, 0.717) is 18.7 Å². The molecule has 100 valence electrons. The van der Waals surface area contributed by atoms with Crippen LogP contribution in [0.5, 0.6) is 0 Å². The monoisotopic (exact) mass is 254 g/mol. The second kappa shape index (κ2) is 6.83. The molecule has 3 N–H and O–H groups in total. The molecule has 0 aromatic rings. The van der Waals surface area contributed by atoms with Crippen molar-refractivity contribution < 1.29 is 13.9 Å². The molecule has 1 aliphatic carbocycles. The minimum Gasteiger partial charge on any atom is -0.461 e. The van der Waals surface area contributed by atoms with Crippen molar-refractivity contribution in [2.24, 2.45) is 5.73 Å². The molecule has 0 aromatic heterocycles. The second-order valence-electron chi connectivity index (χ2n) is 4.04. The lowest BCUT2D eigenvalue weighted by molar-refractivity contribution is -0.138. The number of ether oxygens (including phenoxy) is 1. The third-order valence-corrected chi connectivity index (χ3v) is 2.63. The smallest absolute Gasteiger partial charge is 0.355 e. The quantitative estimate of drug-likeness (QED) is 0.581. The van der Waals surface area contributed by atoms with Gasteiger partial charge in [-0.3, -0.25) is 0 Å². The average molecular weight is 254 g/mol. The fourth-order valence-electron chi connectivity index (χ4n) is 1.56. The highest BCUT2D eigenvalue weighted by molar-refractivity contribution is 5.88. The summed E-state index contributed by atoms with van der Waals surface area (Å²) in [6.45, 7) is 4.18. The fraction of sp³-hybridized carbons (Fsp3) is 0.462. The van der Waals surface area contributed by atoms with E-state index in [1.54, 1.807) is 19.9 Å². The summed E-state index contributed by atoms with van der Waals surface area (Å²) in [5.41, 5.74) is 7.18. The SMILES string of the molecule is CCOC(=O)/C(N)=C(\C)NCC1=CC(F)=CCC1. The first-order valence-corrected chi connectivity index (χ1v) is 5.97. The van der Waals surface area contributed by atoms with Crippen LogP contribution in [0, 0.1) is 0 Å². The Morgan fingerprint density at radius 2 is 2.33 bits per heavy atom. The zero-order valence-corrected chi connectivity index (χ0v) is 10.8. The summed E-state index contributed by atoms with van der Waals surface area (Å²) in [7, 11) is 0. The number of nitrogens with two attached hydrogens (primary N) is 1. The maximum Gasteiger partial charge on any atom is 0.355 e. The highest BCUT2D eigenvalue weighted by Gasteiger charge is 2.10. The van der Waals surface area contributed by atoms with Crippen LogP contribution in [-0.2, 0) is 9.53 Å². The number of carbonyl (C=O) groups is 1. The van der Waals surface area contributed by atoms with Gasteiger partial charge in [0, 0.05) is 12.2 Å². The van der Waals surface area contributed by atoms with E-state index in [2.05, 4.69) is 5.32 Å². The normalized spacial score (nSPS) is 16.4. The second-order valence-corrected chi connectivity index (χ2v) is 4.04. The van der Waals surface area contributed by atoms with Crippen molar-refractivity contribution in [3.63, 3.8) is 0 Å². The summed E-state index contributed by atoms with van der Waals surface area (Å²) < 4.78 is 17.8. The molecule has 0 heterocycles. The molecule has 1 aliphatic rings. The van der Waals surface area contributed by atoms with Gasteiger partial charge in [0.05, 0.1) is 6.61 Å². The van der Waals surface area contributed by atoms with Crippen LogP contribution in [0.25, 0.3) is 0 Å². The first kappa shape index (κ1) is 14.3. The van der Waals surface area contributed by atoms with Gasteiger partial charge in [-0.1, -0.05) is 0 Å². The van der Waals surface area contributed by atoms with Gasteiger partial charge >= 0.3 is 5.97 Å². The maximum atomic E-state index is 13.0. The molecule has 18 heavy (non-hydrogen) atoms. The van der Waals surface area contributed by atoms with Crippen molar-refractivity contribution >= 4 is 5.97 Å². The highest BCUT2D eigenvalue weighted by Crippen LogP contribution is 2.17. The Labute approximate surface area is 106 Å². The number of rotatable bonds is 5. The van der Waals surface area contributed by atoms with Crippen LogP contribution in [0.2, 0.25) is 0 Å². The molecule has 5 heteroatoms. The summed E-state index contributed by atoms with van der Waals surface area (Å²) >= 11 is 0. The van der Waals surface area contributed by atoms with Crippen LogP contribution < -0.4 is 11.1 Å². The van der Waals surface area contributed by atoms with Crippen LogP contribution >= 0.6 is 0 Å². The summed E-state index contributed by atoms with van der Waals surface area (Å²) in [5.74, 6) is -0.746. The highest BCUT2D eigenvalue weighted by atomic mass is 19.1. The maximum absolute atomic E-state index is 13.0. The molecule has 0 atom stereocenters. The Morgan fingerprint density at radius 1 is 1.61 bits per heavy atom. The minimum atomic E-state index is -0.536. The topological polar surface area (TPSA) is 64.3 Å². The Kier molecular flexibility index (Phi) is 5.42. The number of carbonyl (C=O) groups excluding carboxylic acids is 1. The molecule has 0 fully saturated rings. The molecule has 0 aliphatic heterocycles. The first-order chi connectivity index (χ1) is 8.54. The molecule has 0 saturated heterocycles. The van der Waals surface area contributed by atoms with Gasteiger partial charge in [-0.2, -0.15) is 0 Å². The van der Waals surface area contributed by atoms with E-state index >= 15 is 0 Å². The van der Waals surface area contributed by atoms with Gasteiger partial charge in [0.2, 0.25) is 0 Å². The molecule has 0 aromatic carbocycles. The van der Waals surface area contributed by atoms with E-state index in [1.807, 2.05) is 0 Å². The van der Waals surface area contributed by atoms with Crippen molar-refractivity contribution in [3.8, 4) is 0 Å². The van der Waals surface area contributed by atoms with Crippen LogP contribution in [0.15, 0.2) is 34.9 Å². The number of nitrogens with one attached hydrogen (secondary N) is 1. The molecule has 0 bridgehead atoms. The minimum absolute atomic E-state index is 0.0595. The third kappa shape index (κ3) is 4.24. The van der Waals surface area contributed by atoms with E-state index in [4.69, 9.17) is 10.5 Å². The zero-order valence-electron chi connectivity index (χ0n) is 10.8. The third-order valence-electron chi connectivity index (χ3n) is 2.63. The summed E-state index contributed by atoms with van der Waals surface area (Å²) in [6.07, 6.45) is 4.58. The largest absolute Gasteiger partial charge is 0.461 e. The first-order valence-electron chi connectivity index (χ1n) is 5.97. The van der Waals surface area contributed by atoms with Gasteiger partial charge in [0.15, 0.2) is 0 Å². The molecular formula is C13H19FN2O2. The van der Waals surface area contributed by atoms with Crippen molar-refractivity contribution in [2.45, 2.75) is 26.7 Å². The standard InChI is InChI=1S/C13H19FN2O2/c1-3-18-13(17)12(15)9(2)16-8-10-5-4-6-11(14)7-10/h6-7,16H,3-5,8,15H2,1-2H3/b12-9-. The van der Waals surface area contributed by atoms with E-state index in [-0.39, 0.29) is 18.1 Å². The van der Waals surface area contributed by atoms with Gasteiger partial charge in [-0.25, -0.2) is 9.18 Å². The van der Waals surface area contributed by atoms with E-state index in [1.165, 1.54) is 6.08 Å². The number of allylic oxidation sites excluding steroid dienone is 4. The molecule has 4 nitrogen and oxygen atoms in total. The lowest BCUT2D eigenvalue weighted by Crippen LogP contribution is -2.24. The van der Waals surface area contributed by atoms with Gasteiger partial charge < -0.3 is 15.8 Å².